The Kier molecular flexibility index (Phi) is 4.59. The summed E-state index contributed by atoms with van der Waals surface area (Å²) in [7, 11) is 0. The van der Waals surface area contributed by atoms with Gasteiger partial charge in [0.15, 0.2) is 6.10 Å². The summed E-state index contributed by atoms with van der Waals surface area (Å²) in [5.41, 5.74) is 0.621. The number of aliphatic carboxylic acids is 1. The van der Waals surface area contributed by atoms with E-state index in [1.807, 2.05) is 0 Å². The van der Waals surface area contributed by atoms with E-state index in [9.17, 15) is 14.9 Å². The van der Waals surface area contributed by atoms with E-state index in [-0.39, 0.29) is 12.3 Å². The quantitative estimate of drug-likeness (QED) is 0.666. The number of carboxylic acid groups (broad SMARTS) is 1. The van der Waals surface area contributed by atoms with Crippen LogP contribution in [0.5, 0.6) is 0 Å². The molecule has 0 unspecified atom stereocenters. The lowest BCUT2D eigenvalue weighted by atomic mass is 10.2. The normalized spacial score (nSPS) is 12.1. The fourth-order valence-corrected chi connectivity index (χ4v) is 1.53. The summed E-state index contributed by atoms with van der Waals surface area (Å²) in [5.74, 6) is -1.05. The third kappa shape index (κ3) is 3.79. The first-order valence-electron chi connectivity index (χ1n) is 4.69. The van der Waals surface area contributed by atoms with E-state index in [0.717, 1.165) is 0 Å². The molecule has 0 aromatic heterocycles. The predicted molar refractivity (Wildman–Crippen MR) is 62.7 cm³/mol. The molecular formula is C10H10BrNO5. The second-order valence-corrected chi connectivity index (χ2v) is 4.18. The molecule has 0 fully saturated rings. The van der Waals surface area contributed by atoms with Gasteiger partial charge >= 0.3 is 5.97 Å². The zero-order chi connectivity index (χ0) is 13.0. The highest BCUT2D eigenvalue weighted by atomic mass is 79.9. The minimum atomic E-state index is -1.05. The summed E-state index contributed by atoms with van der Waals surface area (Å²) in [6.45, 7) is 1.49. The van der Waals surface area contributed by atoms with Crippen LogP contribution in [0.15, 0.2) is 22.7 Å². The zero-order valence-electron chi connectivity index (χ0n) is 8.92. The highest BCUT2D eigenvalue weighted by Gasteiger charge is 2.13. The van der Waals surface area contributed by atoms with Gasteiger partial charge < -0.3 is 9.84 Å². The fraction of sp³-hybridized carbons (Fsp3) is 0.300. The van der Waals surface area contributed by atoms with E-state index in [1.54, 1.807) is 0 Å². The molecule has 1 atom stereocenters. The largest absolute Gasteiger partial charge is 0.479 e. The molecule has 0 aliphatic heterocycles. The SMILES string of the molecule is C[C@@H](OCc1ccc([N+](=O)[O-])cc1Br)C(=O)O. The van der Waals surface area contributed by atoms with Crippen LogP contribution in [0.4, 0.5) is 5.69 Å². The summed E-state index contributed by atoms with van der Waals surface area (Å²) in [4.78, 5) is 20.5. The highest BCUT2D eigenvalue weighted by molar-refractivity contribution is 9.10. The first kappa shape index (κ1) is 13.6. The molecule has 1 aromatic carbocycles. The second-order valence-electron chi connectivity index (χ2n) is 3.32. The molecule has 0 bridgehead atoms. The number of hydrogen-bond acceptors (Lipinski definition) is 4. The monoisotopic (exact) mass is 303 g/mol. The molecule has 0 spiro atoms. The van der Waals surface area contributed by atoms with Crippen LogP contribution < -0.4 is 0 Å². The number of ether oxygens (including phenoxy) is 1. The number of non-ortho nitro benzene ring substituents is 1. The van der Waals surface area contributed by atoms with E-state index in [0.29, 0.717) is 10.0 Å². The second kappa shape index (κ2) is 5.74. The van der Waals surface area contributed by atoms with E-state index in [4.69, 9.17) is 9.84 Å². The van der Waals surface area contributed by atoms with Crippen molar-refractivity contribution in [3.63, 3.8) is 0 Å². The van der Waals surface area contributed by atoms with E-state index in [1.165, 1.54) is 25.1 Å². The van der Waals surface area contributed by atoms with Crippen molar-refractivity contribution in [2.45, 2.75) is 19.6 Å². The first-order valence-corrected chi connectivity index (χ1v) is 5.48. The number of carbonyl (C=O) groups is 1. The van der Waals surface area contributed by atoms with Crippen LogP contribution in [0.3, 0.4) is 0 Å². The lowest BCUT2D eigenvalue weighted by molar-refractivity contribution is -0.385. The molecule has 0 amide bonds. The Hall–Kier alpha value is -1.47. The van der Waals surface area contributed by atoms with Gasteiger partial charge in [-0.2, -0.15) is 0 Å². The molecule has 17 heavy (non-hydrogen) atoms. The highest BCUT2D eigenvalue weighted by Crippen LogP contribution is 2.23. The van der Waals surface area contributed by atoms with Gasteiger partial charge in [-0.25, -0.2) is 4.79 Å². The van der Waals surface area contributed by atoms with E-state index < -0.39 is 17.0 Å². The summed E-state index contributed by atoms with van der Waals surface area (Å²) >= 11 is 3.17. The average Bonchev–Trinajstić information content (AvgIpc) is 2.26. The van der Waals surface area contributed by atoms with Gasteiger partial charge in [0.25, 0.3) is 5.69 Å². The topological polar surface area (TPSA) is 89.7 Å². The summed E-state index contributed by atoms with van der Waals surface area (Å²) < 4.78 is 5.59. The van der Waals surface area contributed by atoms with Crippen LogP contribution in [-0.2, 0) is 16.1 Å². The number of benzene rings is 1. The number of nitro groups is 1. The van der Waals surface area contributed by atoms with Crippen LogP contribution in [-0.4, -0.2) is 22.1 Å². The molecule has 1 N–H and O–H groups in total. The van der Waals surface area contributed by atoms with Crippen molar-refractivity contribution in [1.29, 1.82) is 0 Å². The Morgan fingerprint density at radius 2 is 2.29 bits per heavy atom. The number of nitro benzene ring substituents is 1. The number of carboxylic acids is 1. The Morgan fingerprint density at radius 1 is 1.65 bits per heavy atom. The smallest absolute Gasteiger partial charge is 0.332 e. The summed E-state index contributed by atoms with van der Waals surface area (Å²) in [6, 6.07) is 4.22. The Bertz CT molecular complexity index is 448. The number of rotatable bonds is 5. The molecule has 0 saturated carbocycles. The van der Waals surface area contributed by atoms with Gasteiger partial charge in [0.2, 0.25) is 0 Å². The molecular weight excluding hydrogens is 294 g/mol. The van der Waals surface area contributed by atoms with Crippen LogP contribution in [0.2, 0.25) is 0 Å². The van der Waals surface area contributed by atoms with Gasteiger partial charge in [-0.1, -0.05) is 15.9 Å². The number of nitrogens with zero attached hydrogens (tertiary/aromatic N) is 1. The Morgan fingerprint density at radius 3 is 2.76 bits per heavy atom. The van der Waals surface area contributed by atoms with Crippen molar-refractivity contribution >= 4 is 27.6 Å². The maximum absolute atomic E-state index is 10.5. The van der Waals surface area contributed by atoms with E-state index in [2.05, 4.69) is 15.9 Å². The fourth-order valence-electron chi connectivity index (χ4n) is 1.05. The minimum absolute atomic E-state index is 0.0353. The van der Waals surface area contributed by atoms with Crippen molar-refractivity contribution in [2.75, 3.05) is 0 Å². The predicted octanol–water partition coefficient (Wildman–Crippen LogP) is 2.35. The summed E-state index contributed by atoms with van der Waals surface area (Å²) in [6.07, 6.45) is -0.919. The van der Waals surface area contributed by atoms with Crippen molar-refractivity contribution < 1.29 is 19.6 Å². The summed E-state index contributed by atoms with van der Waals surface area (Å²) in [5, 5.41) is 19.1. The van der Waals surface area contributed by atoms with E-state index >= 15 is 0 Å². The standard InChI is InChI=1S/C10H10BrNO5/c1-6(10(13)14)17-5-7-2-3-8(12(15)16)4-9(7)11/h2-4,6H,5H2,1H3,(H,13,14)/t6-/m1/s1. The number of hydrogen-bond donors (Lipinski definition) is 1. The lowest BCUT2D eigenvalue weighted by Gasteiger charge is -2.09. The first-order chi connectivity index (χ1) is 7.91. The molecule has 7 heteroatoms. The maximum Gasteiger partial charge on any atom is 0.332 e. The van der Waals surface area contributed by atoms with Crippen molar-refractivity contribution in [2.24, 2.45) is 0 Å². The van der Waals surface area contributed by atoms with Crippen LogP contribution in [0.1, 0.15) is 12.5 Å². The molecule has 0 aliphatic carbocycles. The molecule has 0 heterocycles. The van der Waals surface area contributed by atoms with Crippen molar-refractivity contribution in [1.82, 2.24) is 0 Å². The van der Waals surface area contributed by atoms with Gasteiger partial charge in [0.1, 0.15) is 0 Å². The van der Waals surface area contributed by atoms with Gasteiger partial charge in [-0.05, 0) is 18.6 Å². The van der Waals surface area contributed by atoms with Crippen LogP contribution in [0, 0.1) is 10.1 Å². The van der Waals surface area contributed by atoms with Gasteiger partial charge in [0.05, 0.1) is 11.5 Å². The molecule has 0 aliphatic rings. The Balaban J connectivity index is 2.73. The lowest BCUT2D eigenvalue weighted by Crippen LogP contribution is -2.19. The zero-order valence-corrected chi connectivity index (χ0v) is 10.5. The Labute approximate surface area is 105 Å². The molecule has 6 nitrogen and oxygen atoms in total. The molecule has 92 valence electrons. The molecule has 0 saturated heterocycles. The van der Waals surface area contributed by atoms with Crippen LogP contribution in [0.25, 0.3) is 0 Å². The van der Waals surface area contributed by atoms with Crippen LogP contribution >= 0.6 is 15.9 Å². The van der Waals surface area contributed by atoms with Crippen molar-refractivity contribution in [3.05, 3.63) is 38.3 Å². The number of halogens is 1. The maximum atomic E-state index is 10.5. The van der Waals surface area contributed by atoms with Crippen molar-refractivity contribution in [3.8, 4) is 0 Å². The van der Waals surface area contributed by atoms with Gasteiger partial charge in [-0.3, -0.25) is 10.1 Å². The molecule has 1 aromatic rings. The molecule has 1 rings (SSSR count). The van der Waals surface area contributed by atoms with Gasteiger partial charge in [-0.15, -0.1) is 0 Å². The minimum Gasteiger partial charge on any atom is -0.479 e. The van der Waals surface area contributed by atoms with Gasteiger partial charge in [0, 0.05) is 16.6 Å². The third-order valence-electron chi connectivity index (χ3n) is 2.08. The average molecular weight is 304 g/mol. The molecule has 0 radical (unpaired) electrons. The third-order valence-corrected chi connectivity index (χ3v) is 2.82.